The molecule has 160 valence electrons. The molecule has 2 aromatic heterocycles. The van der Waals surface area contributed by atoms with Crippen LogP contribution in [-0.4, -0.2) is 46.5 Å². The summed E-state index contributed by atoms with van der Waals surface area (Å²) >= 11 is 0. The highest BCUT2D eigenvalue weighted by atomic mass is 16.5. The van der Waals surface area contributed by atoms with Crippen molar-refractivity contribution >= 4 is 40.1 Å². The number of H-pyrrole nitrogens is 1. The monoisotopic (exact) mass is 428 g/mol. The van der Waals surface area contributed by atoms with Gasteiger partial charge >= 0.3 is 6.03 Å². The Balaban J connectivity index is 1.48. The molecular formula is C22H20N8O2. The summed E-state index contributed by atoms with van der Waals surface area (Å²) < 4.78 is 5.25. The molecule has 0 unspecified atom stereocenters. The van der Waals surface area contributed by atoms with Gasteiger partial charge in [-0.3, -0.25) is 5.10 Å². The molecule has 0 saturated carbocycles. The molecule has 0 bridgehead atoms. The molecule has 32 heavy (non-hydrogen) atoms. The minimum absolute atomic E-state index is 0.430. The first-order valence-electron chi connectivity index (χ1n) is 10.1. The van der Waals surface area contributed by atoms with Crippen LogP contribution in [-0.2, 0) is 4.74 Å². The topological polar surface area (TPSA) is 121 Å². The number of nitrogens with zero attached hydrogens (tertiary/aromatic N) is 6. The van der Waals surface area contributed by atoms with Crippen molar-refractivity contribution in [2.45, 2.75) is 6.42 Å². The second-order valence-corrected chi connectivity index (χ2v) is 7.18. The molecule has 4 aromatic rings. The molecule has 2 amide bonds. The lowest BCUT2D eigenvalue weighted by Crippen LogP contribution is -2.22. The molecule has 0 fully saturated rings. The van der Waals surface area contributed by atoms with Gasteiger partial charge in [0.25, 0.3) is 0 Å². The van der Waals surface area contributed by atoms with Gasteiger partial charge in [0.05, 0.1) is 28.1 Å². The van der Waals surface area contributed by atoms with E-state index < -0.39 is 6.03 Å². The number of hydrogen-bond donors (Lipinski definition) is 2. The first kappa shape index (κ1) is 19.8. The predicted molar refractivity (Wildman–Crippen MR) is 119 cm³/mol. The second-order valence-electron chi connectivity index (χ2n) is 7.18. The molecule has 10 heteroatoms. The zero-order valence-electron chi connectivity index (χ0n) is 17.3. The number of carbonyl (C=O) groups excluding carboxylic acids is 1. The van der Waals surface area contributed by atoms with Crippen molar-refractivity contribution in [1.82, 2.24) is 20.2 Å². The summed E-state index contributed by atoms with van der Waals surface area (Å²) in [6.45, 7) is 1.34. The minimum Gasteiger partial charge on any atom is -0.385 e. The van der Waals surface area contributed by atoms with E-state index in [9.17, 15) is 4.79 Å². The molecule has 1 aliphatic heterocycles. The van der Waals surface area contributed by atoms with Crippen LogP contribution in [0, 0.1) is 0 Å². The number of anilines is 4. The Morgan fingerprint density at radius 2 is 2.03 bits per heavy atom. The lowest BCUT2D eigenvalue weighted by Gasteiger charge is -2.24. The maximum atomic E-state index is 11.4. The Hall–Kier alpha value is -4.18. The molecule has 2 aromatic carbocycles. The van der Waals surface area contributed by atoms with E-state index in [0.29, 0.717) is 29.8 Å². The third-order valence-corrected chi connectivity index (χ3v) is 5.06. The van der Waals surface area contributed by atoms with Crippen LogP contribution in [0.4, 0.5) is 27.9 Å². The molecule has 0 radical (unpaired) electrons. The number of benzene rings is 2. The number of carbonyl (C=O) groups is 1. The van der Waals surface area contributed by atoms with Crippen molar-refractivity contribution in [2.24, 2.45) is 9.98 Å². The van der Waals surface area contributed by atoms with Crippen molar-refractivity contribution in [3.8, 4) is 0 Å². The van der Waals surface area contributed by atoms with Crippen molar-refractivity contribution in [2.75, 3.05) is 30.5 Å². The first-order valence-corrected chi connectivity index (χ1v) is 10.1. The molecular weight excluding hydrogens is 408 g/mol. The van der Waals surface area contributed by atoms with Crippen molar-refractivity contribution in [1.29, 1.82) is 0 Å². The van der Waals surface area contributed by atoms with E-state index in [1.807, 2.05) is 36.5 Å². The van der Waals surface area contributed by atoms with E-state index in [1.165, 1.54) is 0 Å². The highest BCUT2D eigenvalue weighted by Crippen LogP contribution is 2.31. The molecule has 0 saturated heterocycles. The molecule has 3 heterocycles. The second kappa shape index (κ2) is 8.52. The molecule has 2 N–H and O–H groups in total. The smallest absolute Gasteiger partial charge is 0.368 e. The normalized spacial score (nSPS) is 12.3. The van der Waals surface area contributed by atoms with Gasteiger partial charge in [0.15, 0.2) is 0 Å². The maximum absolute atomic E-state index is 11.4. The fourth-order valence-corrected chi connectivity index (χ4v) is 3.62. The molecule has 0 aliphatic carbocycles. The predicted octanol–water partition coefficient (Wildman–Crippen LogP) is 2.64. The summed E-state index contributed by atoms with van der Waals surface area (Å²) in [6.07, 6.45) is 4.34. The Morgan fingerprint density at radius 3 is 2.94 bits per heavy atom. The zero-order chi connectivity index (χ0) is 21.9. The van der Waals surface area contributed by atoms with E-state index in [4.69, 9.17) is 9.72 Å². The van der Waals surface area contributed by atoms with Gasteiger partial charge in [0.2, 0.25) is 5.95 Å². The average molecular weight is 428 g/mol. The van der Waals surface area contributed by atoms with Gasteiger partial charge in [-0.25, -0.2) is 9.78 Å². The summed E-state index contributed by atoms with van der Waals surface area (Å²) in [6, 6.07) is 12.7. The summed E-state index contributed by atoms with van der Waals surface area (Å²) in [5, 5.41) is 12.5. The largest absolute Gasteiger partial charge is 0.385 e. The van der Waals surface area contributed by atoms with Crippen LogP contribution in [0.5, 0.6) is 0 Å². The van der Waals surface area contributed by atoms with Crippen LogP contribution in [0.25, 0.3) is 10.9 Å². The van der Waals surface area contributed by atoms with E-state index in [2.05, 4.69) is 35.4 Å². The molecule has 1 aliphatic rings. The number of rotatable bonds is 8. The maximum Gasteiger partial charge on any atom is 0.368 e. The summed E-state index contributed by atoms with van der Waals surface area (Å²) in [4.78, 5) is 30.3. The van der Waals surface area contributed by atoms with E-state index in [-0.39, 0.29) is 0 Å². The van der Waals surface area contributed by atoms with Crippen LogP contribution in [0.2, 0.25) is 0 Å². The van der Waals surface area contributed by atoms with Crippen LogP contribution >= 0.6 is 0 Å². The number of aromatic nitrogens is 4. The van der Waals surface area contributed by atoms with Crippen LogP contribution in [0.1, 0.15) is 6.42 Å². The van der Waals surface area contributed by atoms with E-state index >= 15 is 0 Å². The lowest BCUT2D eigenvalue weighted by molar-refractivity contribution is 0.196. The highest BCUT2D eigenvalue weighted by Gasteiger charge is 2.16. The summed E-state index contributed by atoms with van der Waals surface area (Å²) in [5.41, 5.74) is 2.67. The number of urea groups is 1. The van der Waals surface area contributed by atoms with Gasteiger partial charge in [-0.05, 0) is 42.8 Å². The SMILES string of the molecule is COCCCN(c1ccnc(Nc2ccc3c(c2)=NC(=O)N=3)n1)c1cccc2[nH]ncc12. The molecule has 10 nitrogen and oxygen atoms in total. The number of hydrogen-bond acceptors (Lipinski definition) is 7. The first-order chi connectivity index (χ1) is 15.7. The summed E-state index contributed by atoms with van der Waals surface area (Å²) in [5.74, 6) is 1.17. The zero-order valence-corrected chi connectivity index (χ0v) is 17.3. The number of aromatic amines is 1. The Kier molecular flexibility index (Phi) is 5.26. The third kappa shape index (κ3) is 3.91. The Labute approximate surface area is 182 Å². The Morgan fingerprint density at radius 1 is 1.12 bits per heavy atom. The number of amides is 2. The fraction of sp³-hybridized carbons (Fsp3) is 0.182. The fourth-order valence-electron chi connectivity index (χ4n) is 3.62. The quantitative estimate of drug-likeness (QED) is 0.414. The molecule has 0 spiro atoms. The standard InChI is InChI=1S/C22H20N8O2/c1-32-11-3-10-30(19-5-2-4-16-15(19)13-24-29-16)20-8-9-23-21(28-20)25-14-6-7-17-18(12-14)27-22(31)26-17/h2,4-9,12-13H,3,10-11H2,1H3,(H,24,29)(H,23,25,28). The third-order valence-electron chi connectivity index (χ3n) is 5.06. The number of methoxy groups -OCH3 is 1. The number of nitrogens with one attached hydrogen (secondary N) is 2. The lowest BCUT2D eigenvalue weighted by atomic mass is 10.2. The van der Waals surface area contributed by atoms with E-state index in [0.717, 1.165) is 34.5 Å². The van der Waals surface area contributed by atoms with Crippen LogP contribution in [0.15, 0.2) is 64.8 Å². The van der Waals surface area contributed by atoms with Gasteiger partial charge in [-0.1, -0.05) is 6.07 Å². The average Bonchev–Trinajstić information content (AvgIpc) is 3.42. The van der Waals surface area contributed by atoms with E-state index in [1.54, 1.807) is 25.4 Å². The van der Waals surface area contributed by atoms with Crippen LogP contribution in [0.3, 0.4) is 0 Å². The highest BCUT2D eigenvalue weighted by molar-refractivity contribution is 5.93. The minimum atomic E-state index is -0.490. The van der Waals surface area contributed by atoms with Gasteiger partial charge in [-0.2, -0.15) is 20.1 Å². The molecule has 0 atom stereocenters. The van der Waals surface area contributed by atoms with Gasteiger partial charge in [0.1, 0.15) is 5.82 Å². The number of fused-ring (bicyclic) bond motifs is 2. The van der Waals surface area contributed by atoms with Crippen molar-refractivity contribution in [3.05, 3.63) is 65.6 Å². The van der Waals surface area contributed by atoms with Gasteiger partial charge in [0, 0.05) is 37.5 Å². The molecule has 5 rings (SSSR count). The van der Waals surface area contributed by atoms with Gasteiger partial charge in [-0.15, -0.1) is 0 Å². The summed E-state index contributed by atoms with van der Waals surface area (Å²) in [7, 11) is 1.69. The Bertz CT molecular complexity index is 1410. The number of ether oxygens (including phenoxy) is 1. The van der Waals surface area contributed by atoms with Crippen molar-refractivity contribution < 1.29 is 9.53 Å². The van der Waals surface area contributed by atoms with Crippen LogP contribution < -0.4 is 20.9 Å². The van der Waals surface area contributed by atoms with Gasteiger partial charge < -0.3 is 15.0 Å². The van der Waals surface area contributed by atoms with Crippen molar-refractivity contribution in [3.63, 3.8) is 0 Å².